The summed E-state index contributed by atoms with van der Waals surface area (Å²) in [6.07, 6.45) is 5.02. The predicted octanol–water partition coefficient (Wildman–Crippen LogP) is 1.22. The van der Waals surface area contributed by atoms with Crippen molar-refractivity contribution < 1.29 is 4.74 Å². The first-order chi connectivity index (χ1) is 7.18. The molecule has 3 nitrogen and oxygen atoms in total. The molecule has 2 fully saturated rings. The minimum absolute atomic E-state index is 0.262. The van der Waals surface area contributed by atoms with Crippen LogP contribution in [0.5, 0.6) is 0 Å². The molecule has 0 bridgehead atoms. The topological polar surface area (TPSA) is 38.5 Å². The van der Waals surface area contributed by atoms with Gasteiger partial charge >= 0.3 is 0 Å². The highest BCUT2D eigenvalue weighted by atomic mass is 16.5. The summed E-state index contributed by atoms with van der Waals surface area (Å²) < 4.78 is 5.47. The summed E-state index contributed by atoms with van der Waals surface area (Å²) in [4.78, 5) is 2.52. The molecule has 1 aliphatic heterocycles. The summed E-state index contributed by atoms with van der Waals surface area (Å²) in [6, 6.07) is 0.596. The van der Waals surface area contributed by atoms with Gasteiger partial charge in [0.05, 0.1) is 6.61 Å². The summed E-state index contributed by atoms with van der Waals surface area (Å²) in [5, 5.41) is 0. The van der Waals surface area contributed by atoms with Crippen LogP contribution in [-0.4, -0.2) is 43.3 Å². The van der Waals surface area contributed by atoms with Gasteiger partial charge in [-0.15, -0.1) is 0 Å². The van der Waals surface area contributed by atoms with Gasteiger partial charge in [-0.05, 0) is 38.6 Å². The Bertz CT molecular complexity index is 216. The first-order valence-corrected chi connectivity index (χ1v) is 6.19. The van der Waals surface area contributed by atoms with E-state index in [1.54, 1.807) is 0 Å². The highest BCUT2D eigenvalue weighted by Gasteiger charge is 2.42. The maximum absolute atomic E-state index is 6.02. The molecule has 0 radical (unpaired) electrons. The van der Waals surface area contributed by atoms with Crippen LogP contribution in [0.4, 0.5) is 0 Å². The molecule has 0 spiro atoms. The van der Waals surface area contributed by atoms with E-state index in [9.17, 15) is 0 Å². The Labute approximate surface area is 93.0 Å². The molecule has 3 heteroatoms. The predicted molar refractivity (Wildman–Crippen MR) is 61.8 cm³/mol. The van der Waals surface area contributed by atoms with Crippen molar-refractivity contribution in [3.05, 3.63) is 0 Å². The minimum Gasteiger partial charge on any atom is -0.380 e. The maximum atomic E-state index is 6.02. The first-order valence-electron chi connectivity index (χ1n) is 6.19. The Balaban J connectivity index is 2.04. The second kappa shape index (κ2) is 4.40. The van der Waals surface area contributed by atoms with Crippen molar-refractivity contribution in [3.63, 3.8) is 0 Å². The van der Waals surface area contributed by atoms with Gasteiger partial charge in [0, 0.05) is 24.7 Å². The lowest BCUT2D eigenvalue weighted by Crippen LogP contribution is -2.54. The molecule has 1 aliphatic carbocycles. The van der Waals surface area contributed by atoms with Crippen molar-refractivity contribution in [2.24, 2.45) is 11.7 Å². The number of likely N-dealkylation sites (N-methyl/N-ethyl adjacent to an activating group) is 1. The summed E-state index contributed by atoms with van der Waals surface area (Å²) >= 11 is 0. The third-order valence-electron chi connectivity index (χ3n) is 4.41. The Kier molecular flexibility index (Phi) is 3.33. The molecular weight excluding hydrogens is 188 g/mol. The fourth-order valence-electron chi connectivity index (χ4n) is 3.23. The third kappa shape index (κ3) is 2.05. The van der Waals surface area contributed by atoms with Gasteiger partial charge in [-0.25, -0.2) is 0 Å². The monoisotopic (exact) mass is 212 g/mol. The highest BCUT2D eigenvalue weighted by Crippen LogP contribution is 2.39. The van der Waals surface area contributed by atoms with Crippen LogP contribution < -0.4 is 5.73 Å². The Morgan fingerprint density at radius 2 is 2.27 bits per heavy atom. The van der Waals surface area contributed by atoms with Crippen LogP contribution in [-0.2, 0) is 4.74 Å². The van der Waals surface area contributed by atoms with E-state index in [0.717, 1.165) is 25.7 Å². The number of hydrogen-bond donors (Lipinski definition) is 1. The van der Waals surface area contributed by atoms with Crippen LogP contribution in [0, 0.1) is 5.92 Å². The van der Waals surface area contributed by atoms with Crippen molar-refractivity contribution in [2.75, 3.05) is 26.8 Å². The standard InChI is InChI=1S/C12H24N2O/c1-10-3-5-12(7-10,9-13)14(2)11-4-6-15-8-11/h10-11H,3-9,13H2,1-2H3. The molecule has 2 N–H and O–H groups in total. The van der Waals surface area contributed by atoms with Crippen molar-refractivity contribution in [2.45, 2.75) is 44.2 Å². The minimum atomic E-state index is 0.262. The second-order valence-corrected chi connectivity index (χ2v) is 5.40. The Morgan fingerprint density at radius 1 is 1.47 bits per heavy atom. The van der Waals surface area contributed by atoms with Gasteiger partial charge in [0.15, 0.2) is 0 Å². The number of rotatable bonds is 3. The Hall–Kier alpha value is -0.120. The van der Waals surface area contributed by atoms with Crippen LogP contribution >= 0.6 is 0 Å². The lowest BCUT2D eigenvalue weighted by atomic mass is 9.92. The molecule has 3 atom stereocenters. The quantitative estimate of drug-likeness (QED) is 0.764. The van der Waals surface area contributed by atoms with Crippen molar-refractivity contribution in [3.8, 4) is 0 Å². The lowest BCUT2D eigenvalue weighted by molar-refractivity contribution is 0.0677. The first kappa shape index (κ1) is 11.4. The van der Waals surface area contributed by atoms with Gasteiger partial charge in [-0.1, -0.05) is 6.92 Å². The number of nitrogens with two attached hydrogens (primary N) is 1. The van der Waals surface area contributed by atoms with Crippen LogP contribution in [0.2, 0.25) is 0 Å². The second-order valence-electron chi connectivity index (χ2n) is 5.40. The van der Waals surface area contributed by atoms with E-state index >= 15 is 0 Å². The Morgan fingerprint density at radius 3 is 2.73 bits per heavy atom. The van der Waals surface area contributed by atoms with Crippen LogP contribution in [0.25, 0.3) is 0 Å². The van der Waals surface area contributed by atoms with Gasteiger partial charge in [-0.3, -0.25) is 4.90 Å². The molecule has 2 rings (SSSR count). The molecule has 0 aromatic rings. The molecule has 1 heterocycles. The fourth-order valence-corrected chi connectivity index (χ4v) is 3.23. The summed E-state index contributed by atoms with van der Waals surface area (Å²) in [7, 11) is 2.24. The number of nitrogens with zero attached hydrogens (tertiary/aromatic N) is 1. The van der Waals surface area contributed by atoms with E-state index < -0.39 is 0 Å². The van der Waals surface area contributed by atoms with Crippen molar-refractivity contribution >= 4 is 0 Å². The van der Waals surface area contributed by atoms with E-state index in [1.807, 2.05) is 0 Å². The van der Waals surface area contributed by atoms with Crippen LogP contribution in [0.3, 0.4) is 0 Å². The molecule has 0 aromatic heterocycles. The molecule has 0 aromatic carbocycles. The fraction of sp³-hybridized carbons (Fsp3) is 1.00. The van der Waals surface area contributed by atoms with E-state index in [2.05, 4.69) is 18.9 Å². The van der Waals surface area contributed by atoms with Gasteiger partial charge < -0.3 is 10.5 Å². The average Bonchev–Trinajstić information content (AvgIpc) is 2.86. The van der Waals surface area contributed by atoms with E-state index in [0.29, 0.717) is 6.04 Å². The summed E-state index contributed by atoms with van der Waals surface area (Å²) in [5.74, 6) is 0.832. The zero-order chi connectivity index (χ0) is 10.9. The lowest BCUT2D eigenvalue weighted by Gasteiger charge is -2.41. The van der Waals surface area contributed by atoms with E-state index in [1.165, 1.54) is 25.7 Å². The number of ether oxygens (including phenoxy) is 1. The largest absolute Gasteiger partial charge is 0.380 e. The zero-order valence-electron chi connectivity index (χ0n) is 10.0. The molecule has 88 valence electrons. The third-order valence-corrected chi connectivity index (χ3v) is 4.41. The number of hydrogen-bond acceptors (Lipinski definition) is 3. The smallest absolute Gasteiger partial charge is 0.0622 e. The van der Waals surface area contributed by atoms with Gasteiger partial charge in [0.2, 0.25) is 0 Å². The normalized spacial score (nSPS) is 41.6. The van der Waals surface area contributed by atoms with Crippen molar-refractivity contribution in [1.29, 1.82) is 0 Å². The highest BCUT2D eigenvalue weighted by molar-refractivity contribution is 4.99. The molecule has 2 aliphatic rings. The van der Waals surface area contributed by atoms with E-state index in [-0.39, 0.29) is 5.54 Å². The zero-order valence-corrected chi connectivity index (χ0v) is 10.0. The maximum Gasteiger partial charge on any atom is 0.0622 e. The molecule has 1 saturated carbocycles. The van der Waals surface area contributed by atoms with E-state index in [4.69, 9.17) is 10.5 Å². The van der Waals surface area contributed by atoms with Crippen LogP contribution in [0.15, 0.2) is 0 Å². The summed E-state index contributed by atoms with van der Waals surface area (Å²) in [6.45, 7) is 4.96. The van der Waals surface area contributed by atoms with Crippen LogP contribution in [0.1, 0.15) is 32.6 Å². The van der Waals surface area contributed by atoms with Crippen molar-refractivity contribution in [1.82, 2.24) is 4.90 Å². The average molecular weight is 212 g/mol. The summed E-state index contributed by atoms with van der Waals surface area (Å²) in [5.41, 5.74) is 6.28. The van der Waals surface area contributed by atoms with Gasteiger partial charge in [-0.2, -0.15) is 0 Å². The SMILES string of the molecule is CC1CCC(CN)(N(C)C2CCOC2)C1. The van der Waals surface area contributed by atoms with Gasteiger partial charge in [0.25, 0.3) is 0 Å². The molecule has 15 heavy (non-hydrogen) atoms. The molecule has 3 unspecified atom stereocenters. The molecule has 1 saturated heterocycles. The van der Waals surface area contributed by atoms with Gasteiger partial charge in [0.1, 0.15) is 0 Å². The molecule has 0 amide bonds. The molecular formula is C12H24N2O.